The van der Waals surface area contributed by atoms with Gasteiger partial charge in [-0.3, -0.25) is 14.8 Å². The Hall–Kier alpha value is -2.07. The number of nitrogens with zero attached hydrogens (tertiary/aromatic N) is 2. The van der Waals surface area contributed by atoms with Gasteiger partial charge in [-0.2, -0.15) is 0 Å². The van der Waals surface area contributed by atoms with Gasteiger partial charge in [0, 0.05) is 36.4 Å². The number of ketones is 1. The summed E-state index contributed by atoms with van der Waals surface area (Å²) in [5, 5.41) is 3.14. The number of hydrogen-bond acceptors (Lipinski definition) is 4. The summed E-state index contributed by atoms with van der Waals surface area (Å²) in [6.07, 6.45) is 6.86. The predicted molar refractivity (Wildman–Crippen MR) is 82.7 cm³/mol. The third-order valence-corrected chi connectivity index (χ3v) is 2.69. The van der Waals surface area contributed by atoms with Gasteiger partial charge in [0.1, 0.15) is 0 Å². The summed E-state index contributed by atoms with van der Waals surface area (Å²) in [5.41, 5.74) is 1.89. The van der Waals surface area contributed by atoms with E-state index in [2.05, 4.69) is 28.3 Å². The van der Waals surface area contributed by atoms with E-state index in [1.165, 1.54) is 12.5 Å². The first-order valence-corrected chi connectivity index (χ1v) is 6.13. The van der Waals surface area contributed by atoms with Crippen LogP contribution in [0, 0.1) is 0 Å². The molecule has 4 nitrogen and oxygen atoms in total. The van der Waals surface area contributed by atoms with Gasteiger partial charge in [-0.1, -0.05) is 13.5 Å². The van der Waals surface area contributed by atoms with Gasteiger partial charge in [-0.05, 0) is 44.7 Å². The maximum absolute atomic E-state index is 10.6. The Morgan fingerprint density at radius 2 is 1.75 bits per heavy atom. The predicted octanol–water partition coefficient (Wildman–Crippen LogP) is 3.28. The summed E-state index contributed by atoms with van der Waals surface area (Å²) >= 11 is 0. The summed E-state index contributed by atoms with van der Waals surface area (Å²) in [5.74, 6) is 0.0584. The fourth-order valence-electron chi connectivity index (χ4n) is 1.37. The maximum Gasteiger partial charge on any atom is 0.161 e. The van der Waals surface area contributed by atoms with Crippen LogP contribution >= 0.6 is 0 Å². The van der Waals surface area contributed by atoms with Crippen molar-refractivity contribution in [3.63, 3.8) is 0 Å². The highest BCUT2D eigenvalue weighted by atomic mass is 16.1. The Morgan fingerprint density at radius 3 is 2.10 bits per heavy atom. The average molecular weight is 273 g/mol. The second kappa shape index (κ2) is 9.81. The van der Waals surface area contributed by atoms with E-state index in [1.807, 2.05) is 19.3 Å². The normalized spacial score (nSPS) is 10.6. The summed E-state index contributed by atoms with van der Waals surface area (Å²) in [7, 11) is 1.94. The molecular formula is C16H23N3O. The second-order valence-corrected chi connectivity index (χ2v) is 4.09. The van der Waals surface area contributed by atoms with Crippen LogP contribution in [0.4, 0.5) is 0 Å². The molecule has 2 aromatic heterocycles. The Labute approximate surface area is 121 Å². The largest absolute Gasteiger partial charge is 0.313 e. The molecule has 20 heavy (non-hydrogen) atoms. The Morgan fingerprint density at radius 1 is 1.15 bits per heavy atom. The Bertz CT molecular complexity index is 486. The average Bonchev–Trinajstić information content (AvgIpc) is 2.49. The standard InChI is InChI=1S/C8H12N2.C7H7NO.CH4/c1-7(9-2)8-4-3-5-10-6-8;1-6(9)7-3-2-4-8-5-7;/h3-7,9H,1-2H3;2-5H,1H3;1H4. The number of hydrogen-bond donors (Lipinski definition) is 1. The van der Waals surface area contributed by atoms with Gasteiger partial charge in [0.05, 0.1) is 0 Å². The number of carbonyl (C=O) groups excluding carboxylic acids is 1. The summed E-state index contributed by atoms with van der Waals surface area (Å²) in [6, 6.07) is 7.90. The minimum atomic E-state index is 0. The van der Waals surface area contributed by atoms with Gasteiger partial charge in [0.25, 0.3) is 0 Å². The van der Waals surface area contributed by atoms with Gasteiger partial charge in [0.2, 0.25) is 0 Å². The minimum Gasteiger partial charge on any atom is -0.313 e. The Balaban J connectivity index is 0.000000345. The molecule has 1 unspecified atom stereocenters. The van der Waals surface area contributed by atoms with Gasteiger partial charge >= 0.3 is 0 Å². The van der Waals surface area contributed by atoms with Crippen molar-refractivity contribution in [3.8, 4) is 0 Å². The van der Waals surface area contributed by atoms with E-state index < -0.39 is 0 Å². The minimum absolute atomic E-state index is 0. The second-order valence-electron chi connectivity index (χ2n) is 4.09. The van der Waals surface area contributed by atoms with Crippen LogP contribution in [0.2, 0.25) is 0 Å². The van der Waals surface area contributed by atoms with Crippen molar-refractivity contribution in [2.45, 2.75) is 27.3 Å². The summed E-state index contributed by atoms with van der Waals surface area (Å²) < 4.78 is 0. The van der Waals surface area contributed by atoms with E-state index in [9.17, 15) is 4.79 Å². The molecule has 0 saturated heterocycles. The molecule has 0 saturated carbocycles. The lowest BCUT2D eigenvalue weighted by Crippen LogP contribution is -2.12. The molecule has 0 aromatic carbocycles. The highest BCUT2D eigenvalue weighted by molar-refractivity contribution is 5.93. The monoisotopic (exact) mass is 273 g/mol. The number of pyridine rings is 2. The molecule has 0 bridgehead atoms. The van der Waals surface area contributed by atoms with E-state index in [0.29, 0.717) is 11.6 Å². The molecule has 0 amide bonds. The number of carbonyl (C=O) groups is 1. The zero-order chi connectivity index (χ0) is 14.1. The molecule has 4 heteroatoms. The molecule has 2 aromatic rings. The van der Waals surface area contributed by atoms with Crippen molar-refractivity contribution in [1.82, 2.24) is 15.3 Å². The van der Waals surface area contributed by atoms with Crippen LogP contribution in [0.25, 0.3) is 0 Å². The van der Waals surface area contributed by atoms with Crippen LogP contribution in [0.15, 0.2) is 49.1 Å². The van der Waals surface area contributed by atoms with Gasteiger partial charge in [-0.15, -0.1) is 0 Å². The molecule has 2 heterocycles. The first-order valence-electron chi connectivity index (χ1n) is 6.13. The zero-order valence-corrected chi connectivity index (χ0v) is 11.5. The lowest BCUT2D eigenvalue weighted by Gasteiger charge is -2.08. The van der Waals surface area contributed by atoms with E-state index in [4.69, 9.17) is 0 Å². The van der Waals surface area contributed by atoms with Crippen molar-refractivity contribution >= 4 is 5.78 Å². The fraction of sp³-hybridized carbons (Fsp3) is 0.312. The summed E-state index contributed by atoms with van der Waals surface area (Å²) in [4.78, 5) is 18.4. The van der Waals surface area contributed by atoms with Crippen LogP contribution in [-0.4, -0.2) is 22.8 Å². The van der Waals surface area contributed by atoms with Crippen molar-refractivity contribution in [3.05, 3.63) is 60.2 Å². The third kappa shape index (κ3) is 6.20. The van der Waals surface area contributed by atoms with Crippen LogP contribution < -0.4 is 5.32 Å². The molecule has 1 N–H and O–H groups in total. The lowest BCUT2D eigenvalue weighted by molar-refractivity contribution is 0.101. The molecule has 0 spiro atoms. The molecule has 1 atom stereocenters. The first-order chi connectivity index (χ1) is 9.15. The first kappa shape index (κ1) is 17.9. The van der Waals surface area contributed by atoms with Gasteiger partial charge < -0.3 is 5.32 Å². The zero-order valence-electron chi connectivity index (χ0n) is 11.5. The van der Waals surface area contributed by atoms with Crippen LogP contribution in [0.5, 0.6) is 0 Å². The highest BCUT2D eigenvalue weighted by Gasteiger charge is 1.98. The van der Waals surface area contributed by atoms with Crippen LogP contribution in [0.1, 0.15) is 43.2 Å². The molecule has 0 aliphatic carbocycles. The molecule has 0 aliphatic heterocycles. The lowest BCUT2D eigenvalue weighted by atomic mass is 10.1. The highest BCUT2D eigenvalue weighted by Crippen LogP contribution is 2.07. The number of nitrogens with one attached hydrogen (secondary N) is 1. The number of Topliss-reactive ketones (excluding diaryl/α,β-unsaturated/α-hetero) is 1. The number of rotatable bonds is 3. The van der Waals surface area contributed by atoms with E-state index >= 15 is 0 Å². The molecule has 0 radical (unpaired) electrons. The molecular weight excluding hydrogens is 250 g/mol. The third-order valence-electron chi connectivity index (χ3n) is 2.69. The topological polar surface area (TPSA) is 54.9 Å². The fourth-order valence-corrected chi connectivity index (χ4v) is 1.37. The van der Waals surface area contributed by atoms with Crippen LogP contribution in [0.3, 0.4) is 0 Å². The van der Waals surface area contributed by atoms with Gasteiger partial charge in [-0.25, -0.2) is 0 Å². The molecule has 0 fully saturated rings. The van der Waals surface area contributed by atoms with E-state index in [-0.39, 0.29) is 13.2 Å². The quantitative estimate of drug-likeness (QED) is 0.872. The SMILES string of the molecule is C.CC(=O)c1cccnc1.CNC(C)c1cccnc1. The van der Waals surface area contributed by atoms with Crippen molar-refractivity contribution in [2.24, 2.45) is 0 Å². The molecule has 108 valence electrons. The van der Waals surface area contributed by atoms with Crippen molar-refractivity contribution < 1.29 is 4.79 Å². The van der Waals surface area contributed by atoms with Crippen molar-refractivity contribution in [1.29, 1.82) is 0 Å². The van der Waals surface area contributed by atoms with Crippen LogP contribution in [-0.2, 0) is 0 Å². The van der Waals surface area contributed by atoms with E-state index in [0.717, 1.165) is 0 Å². The van der Waals surface area contributed by atoms with E-state index in [1.54, 1.807) is 30.7 Å². The maximum atomic E-state index is 10.6. The smallest absolute Gasteiger partial charge is 0.161 e. The Kier molecular flexibility index (Phi) is 8.79. The molecule has 0 aliphatic rings. The van der Waals surface area contributed by atoms with Gasteiger partial charge in [0.15, 0.2) is 5.78 Å². The van der Waals surface area contributed by atoms with Crippen molar-refractivity contribution in [2.75, 3.05) is 7.05 Å². The summed E-state index contributed by atoms with van der Waals surface area (Å²) in [6.45, 7) is 3.63. The molecule has 2 rings (SSSR count). The number of aromatic nitrogens is 2.